The molecule has 2 aromatic rings. The van der Waals surface area contributed by atoms with E-state index < -0.39 is 0 Å². The van der Waals surface area contributed by atoms with E-state index >= 15 is 0 Å². The van der Waals surface area contributed by atoms with Crippen molar-refractivity contribution in [3.05, 3.63) is 76.1 Å². The SMILES string of the molecule is Cc1cc(C)cc(OC2=CC(=O)c3ccc(CCCC(C)C)cc3C2=O)c1. The van der Waals surface area contributed by atoms with Gasteiger partial charge in [0.25, 0.3) is 0 Å². The Labute approximate surface area is 161 Å². The Morgan fingerprint density at radius 1 is 0.926 bits per heavy atom. The first-order valence-corrected chi connectivity index (χ1v) is 9.53. The Hall–Kier alpha value is -2.68. The van der Waals surface area contributed by atoms with E-state index in [1.807, 2.05) is 44.2 Å². The van der Waals surface area contributed by atoms with Crippen LogP contribution in [0.25, 0.3) is 0 Å². The van der Waals surface area contributed by atoms with Crippen molar-refractivity contribution in [2.75, 3.05) is 0 Å². The second kappa shape index (κ2) is 7.91. The van der Waals surface area contributed by atoms with Crippen molar-refractivity contribution < 1.29 is 14.3 Å². The van der Waals surface area contributed by atoms with Gasteiger partial charge < -0.3 is 4.74 Å². The molecular weight excluding hydrogens is 336 g/mol. The topological polar surface area (TPSA) is 43.4 Å². The third kappa shape index (κ3) is 4.54. The number of rotatable bonds is 6. The molecule has 0 unspecified atom stereocenters. The van der Waals surface area contributed by atoms with Crippen molar-refractivity contribution in [2.24, 2.45) is 5.92 Å². The van der Waals surface area contributed by atoms with Gasteiger partial charge in [-0.3, -0.25) is 9.59 Å². The summed E-state index contributed by atoms with van der Waals surface area (Å²) in [7, 11) is 0. The van der Waals surface area contributed by atoms with Crippen molar-refractivity contribution in [1.82, 2.24) is 0 Å². The van der Waals surface area contributed by atoms with Gasteiger partial charge in [-0.05, 0) is 67.5 Å². The number of hydrogen-bond acceptors (Lipinski definition) is 3. The van der Waals surface area contributed by atoms with Gasteiger partial charge in [0.1, 0.15) is 5.75 Å². The molecule has 0 N–H and O–H groups in total. The molecule has 0 fully saturated rings. The third-order valence-electron chi connectivity index (χ3n) is 4.75. The zero-order chi connectivity index (χ0) is 19.6. The van der Waals surface area contributed by atoms with Gasteiger partial charge in [-0.15, -0.1) is 0 Å². The molecule has 0 amide bonds. The van der Waals surface area contributed by atoms with E-state index in [-0.39, 0.29) is 17.3 Å². The molecule has 0 spiro atoms. The molecule has 1 aliphatic carbocycles. The Morgan fingerprint density at radius 2 is 1.63 bits per heavy atom. The smallest absolute Gasteiger partial charge is 0.229 e. The van der Waals surface area contributed by atoms with Crippen molar-refractivity contribution in [2.45, 2.75) is 47.0 Å². The van der Waals surface area contributed by atoms with Gasteiger partial charge in [0.2, 0.25) is 5.78 Å². The van der Waals surface area contributed by atoms with Crippen LogP contribution in [-0.2, 0) is 6.42 Å². The average Bonchev–Trinajstić information content (AvgIpc) is 2.58. The molecule has 0 aliphatic heterocycles. The van der Waals surface area contributed by atoms with Crippen LogP contribution in [0, 0.1) is 19.8 Å². The lowest BCUT2D eigenvalue weighted by atomic mass is 9.90. The van der Waals surface area contributed by atoms with Crippen LogP contribution in [0.3, 0.4) is 0 Å². The van der Waals surface area contributed by atoms with Crippen molar-refractivity contribution in [1.29, 1.82) is 0 Å². The van der Waals surface area contributed by atoms with Crippen LogP contribution >= 0.6 is 0 Å². The molecular formula is C24H26O3. The number of ether oxygens (including phenoxy) is 1. The van der Waals surface area contributed by atoms with Crippen molar-refractivity contribution in [3.63, 3.8) is 0 Å². The molecule has 0 saturated carbocycles. The molecule has 27 heavy (non-hydrogen) atoms. The van der Waals surface area contributed by atoms with E-state index in [9.17, 15) is 9.59 Å². The first kappa shape index (κ1) is 19.1. The maximum absolute atomic E-state index is 12.9. The number of fused-ring (bicyclic) bond motifs is 1. The lowest BCUT2D eigenvalue weighted by molar-refractivity contribution is 0.0946. The molecule has 0 radical (unpaired) electrons. The Bertz CT molecular complexity index is 899. The quantitative estimate of drug-likeness (QED) is 0.669. The van der Waals surface area contributed by atoms with Crippen LogP contribution in [0.15, 0.2) is 48.2 Å². The molecule has 0 bridgehead atoms. The number of benzene rings is 2. The number of Topliss-reactive ketones (excluding diaryl/α,β-unsaturated/α-hetero) is 1. The summed E-state index contributed by atoms with van der Waals surface area (Å²) in [6, 6.07) is 11.3. The molecule has 0 heterocycles. The molecule has 2 aromatic carbocycles. The van der Waals surface area contributed by atoms with Crippen LogP contribution in [0.4, 0.5) is 0 Å². The number of aryl methyl sites for hydroxylation is 3. The largest absolute Gasteiger partial charge is 0.453 e. The molecule has 0 saturated heterocycles. The summed E-state index contributed by atoms with van der Waals surface area (Å²) in [5.41, 5.74) is 4.09. The molecule has 3 nitrogen and oxygen atoms in total. The van der Waals surface area contributed by atoms with Gasteiger partial charge in [-0.1, -0.05) is 38.5 Å². The van der Waals surface area contributed by atoms with Gasteiger partial charge in [-0.2, -0.15) is 0 Å². The summed E-state index contributed by atoms with van der Waals surface area (Å²) in [4.78, 5) is 25.4. The first-order valence-electron chi connectivity index (χ1n) is 9.53. The number of carbonyl (C=O) groups is 2. The number of ketones is 2. The van der Waals surface area contributed by atoms with Crippen LogP contribution < -0.4 is 4.74 Å². The van der Waals surface area contributed by atoms with Crippen LogP contribution in [0.2, 0.25) is 0 Å². The predicted molar refractivity (Wildman–Crippen MR) is 108 cm³/mol. The highest BCUT2D eigenvalue weighted by Crippen LogP contribution is 2.27. The molecule has 0 aromatic heterocycles. The summed E-state index contributed by atoms with van der Waals surface area (Å²) < 4.78 is 5.80. The summed E-state index contributed by atoms with van der Waals surface area (Å²) in [5.74, 6) is 0.923. The van der Waals surface area contributed by atoms with E-state index in [0.717, 1.165) is 36.0 Å². The summed E-state index contributed by atoms with van der Waals surface area (Å²) in [6.45, 7) is 8.36. The fourth-order valence-electron chi connectivity index (χ4n) is 3.45. The van der Waals surface area contributed by atoms with Gasteiger partial charge in [-0.25, -0.2) is 0 Å². The highest BCUT2D eigenvalue weighted by Gasteiger charge is 2.27. The van der Waals surface area contributed by atoms with Crippen LogP contribution in [-0.4, -0.2) is 11.6 Å². The zero-order valence-electron chi connectivity index (χ0n) is 16.5. The lowest BCUT2D eigenvalue weighted by Gasteiger charge is -2.17. The number of allylic oxidation sites excluding steroid dienone is 2. The first-order chi connectivity index (χ1) is 12.8. The Kier molecular flexibility index (Phi) is 5.59. The minimum atomic E-state index is -0.227. The highest BCUT2D eigenvalue weighted by atomic mass is 16.5. The number of hydrogen-bond donors (Lipinski definition) is 0. The fraction of sp³-hybridized carbons (Fsp3) is 0.333. The van der Waals surface area contributed by atoms with E-state index in [1.54, 1.807) is 6.07 Å². The maximum atomic E-state index is 12.9. The van der Waals surface area contributed by atoms with Gasteiger partial charge in [0, 0.05) is 17.2 Å². The van der Waals surface area contributed by atoms with Crippen LogP contribution in [0.5, 0.6) is 5.75 Å². The van der Waals surface area contributed by atoms with E-state index in [0.29, 0.717) is 22.8 Å². The molecule has 1 aliphatic rings. The van der Waals surface area contributed by atoms with E-state index in [1.165, 1.54) is 6.08 Å². The average molecular weight is 362 g/mol. The standard InChI is InChI=1S/C24H26O3/c1-15(2)6-5-7-18-8-9-20-21(13-18)24(26)23(14-22(20)25)27-19-11-16(3)10-17(4)12-19/h8-15H,5-7H2,1-4H3. The van der Waals surface area contributed by atoms with Gasteiger partial charge >= 0.3 is 0 Å². The van der Waals surface area contributed by atoms with E-state index in [4.69, 9.17) is 4.74 Å². The summed E-state index contributed by atoms with van der Waals surface area (Å²) in [6.07, 6.45) is 4.43. The normalized spacial score (nSPS) is 13.6. The molecule has 140 valence electrons. The monoisotopic (exact) mass is 362 g/mol. The molecule has 3 rings (SSSR count). The zero-order valence-corrected chi connectivity index (χ0v) is 16.5. The van der Waals surface area contributed by atoms with Crippen LogP contribution in [0.1, 0.15) is 64.1 Å². The minimum absolute atomic E-state index is 0.0943. The lowest BCUT2D eigenvalue weighted by Crippen LogP contribution is -2.20. The fourth-order valence-corrected chi connectivity index (χ4v) is 3.45. The Balaban J connectivity index is 1.83. The predicted octanol–water partition coefficient (Wildman–Crippen LogP) is 5.62. The van der Waals surface area contributed by atoms with Gasteiger partial charge in [0.15, 0.2) is 11.5 Å². The second-order valence-electron chi connectivity index (χ2n) is 7.79. The highest BCUT2D eigenvalue weighted by molar-refractivity contribution is 6.23. The second-order valence-corrected chi connectivity index (χ2v) is 7.79. The summed E-state index contributed by atoms with van der Waals surface area (Å²) >= 11 is 0. The van der Waals surface area contributed by atoms with Gasteiger partial charge in [0.05, 0.1) is 0 Å². The summed E-state index contributed by atoms with van der Waals surface area (Å²) in [5, 5.41) is 0. The van der Waals surface area contributed by atoms with Crippen molar-refractivity contribution in [3.8, 4) is 5.75 Å². The number of carbonyl (C=O) groups excluding carboxylic acids is 2. The van der Waals surface area contributed by atoms with Crippen molar-refractivity contribution >= 4 is 11.6 Å². The third-order valence-corrected chi connectivity index (χ3v) is 4.75. The minimum Gasteiger partial charge on any atom is -0.453 e. The Morgan fingerprint density at radius 3 is 2.30 bits per heavy atom. The molecule has 3 heteroatoms. The van der Waals surface area contributed by atoms with E-state index in [2.05, 4.69) is 13.8 Å². The maximum Gasteiger partial charge on any atom is 0.229 e. The molecule has 0 atom stereocenters.